The molecule has 0 spiro atoms. The van der Waals surface area contributed by atoms with Gasteiger partial charge < -0.3 is 11.1 Å². The molecule has 0 fully saturated rings. The second-order valence-corrected chi connectivity index (χ2v) is 4.08. The summed E-state index contributed by atoms with van der Waals surface area (Å²) < 4.78 is 1.54. The van der Waals surface area contributed by atoms with Crippen molar-refractivity contribution < 1.29 is 9.72 Å². The van der Waals surface area contributed by atoms with Crippen LogP contribution in [0, 0.1) is 10.1 Å². The lowest BCUT2D eigenvalue weighted by Crippen LogP contribution is -2.14. The number of amides is 1. The summed E-state index contributed by atoms with van der Waals surface area (Å²) >= 11 is 0. The molecule has 1 heterocycles. The number of nitrogens with two attached hydrogens (primary N) is 1. The molecule has 8 nitrogen and oxygen atoms in total. The van der Waals surface area contributed by atoms with Crippen LogP contribution in [0.3, 0.4) is 0 Å². The van der Waals surface area contributed by atoms with E-state index in [0.717, 1.165) is 0 Å². The Bertz CT molecular complexity index is 638. The lowest BCUT2D eigenvalue weighted by molar-refractivity contribution is -0.383. The van der Waals surface area contributed by atoms with E-state index in [2.05, 4.69) is 10.4 Å². The third-order valence-corrected chi connectivity index (χ3v) is 2.59. The van der Waals surface area contributed by atoms with Crippen LogP contribution in [0.2, 0.25) is 0 Å². The number of carbonyl (C=O) groups is 1. The van der Waals surface area contributed by atoms with E-state index in [4.69, 9.17) is 5.73 Å². The number of rotatable bonds is 6. The molecule has 20 heavy (non-hydrogen) atoms. The molecule has 1 amide bonds. The van der Waals surface area contributed by atoms with Crippen LogP contribution in [0.25, 0.3) is 0 Å². The number of hydrogen-bond acceptors (Lipinski definition) is 5. The second-order valence-electron chi connectivity index (χ2n) is 4.08. The molecule has 8 heteroatoms. The number of anilines is 2. The van der Waals surface area contributed by atoms with Gasteiger partial charge in [-0.25, -0.2) is 0 Å². The van der Waals surface area contributed by atoms with Crippen LogP contribution >= 0.6 is 0 Å². The Morgan fingerprint density at radius 2 is 2.15 bits per heavy atom. The molecule has 1 aromatic carbocycles. The van der Waals surface area contributed by atoms with Gasteiger partial charge >= 0.3 is 0 Å². The van der Waals surface area contributed by atoms with Crippen LogP contribution < -0.4 is 11.1 Å². The van der Waals surface area contributed by atoms with E-state index in [1.165, 1.54) is 6.07 Å². The molecule has 0 aliphatic rings. The van der Waals surface area contributed by atoms with Crippen molar-refractivity contribution in [2.75, 3.05) is 5.32 Å². The second kappa shape index (κ2) is 5.83. The van der Waals surface area contributed by atoms with Crippen LogP contribution in [0.5, 0.6) is 0 Å². The molecular formula is C12H13N5O3. The Kier molecular flexibility index (Phi) is 3.94. The molecule has 2 rings (SSSR count). The summed E-state index contributed by atoms with van der Waals surface area (Å²) in [4.78, 5) is 21.1. The third-order valence-electron chi connectivity index (χ3n) is 2.59. The number of aryl methyl sites for hydroxylation is 1. The Labute approximate surface area is 114 Å². The Hall–Kier alpha value is -2.90. The van der Waals surface area contributed by atoms with E-state index in [1.54, 1.807) is 35.1 Å². The zero-order valence-electron chi connectivity index (χ0n) is 10.5. The normalized spacial score (nSPS) is 10.2. The van der Waals surface area contributed by atoms with Gasteiger partial charge in [-0.3, -0.25) is 19.6 Å². The van der Waals surface area contributed by atoms with Crippen LogP contribution in [-0.2, 0) is 11.3 Å². The summed E-state index contributed by atoms with van der Waals surface area (Å²) in [6.07, 6.45) is 1.85. The van der Waals surface area contributed by atoms with Crippen LogP contribution in [0.4, 0.5) is 17.2 Å². The van der Waals surface area contributed by atoms with Crippen molar-refractivity contribution in [3.05, 3.63) is 46.6 Å². The summed E-state index contributed by atoms with van der Waals surface area (Å²) in [5.41, 5.74) is 5.38. The Morgan fingerprint density at radius 3 is 2.85 bits per heavy atom. The predicted molar refractivity (Wildman–Crippen MR) is 72.4 cm³/mol. The highest BCUT2D eigenvalue weighted by molar-refractivity contribution is 5.73. The summed E-state index contributed by atoms with van der Waals surface area (Å²) in [6.45, 7) is 0.369. The summed E-state index contributed by atoms with van der Waals surface area (Å²) in [5, 5.41) is 17.9. The van der Waals surface area contributed by atoms with Gasteiger partial charge in [-0.1, -0.05) is 12.1 Å². The lowest BCUT2D eigenvalue weighted by atomic mass is 10.2. The third kappa shape index (κ3) is 3.31. The van der Waals surface area contributed by atoms with Gasteiger partial charge in [0.1, 0.15) is 5.69 Å². The minimum Gasteiger partial charge on any atom is -0.370 e. The maximum absolute atomic E-state index is 10.9. The number of nitro groups is 1. The topological polar surface area (TPSA) is 116 Å². The predicted octanol–water partition coefficient (Wildman–Crippen LogP) is 1.41. The molecule has 0 bridgehead atoms. The van der Waals surface area contributed by atoms with Crippen molar-refractivity contribution in [2.24, 2.45) is 5.73 Å². The van der Waals surface area contributed by atoms with E-state index >= 15 is 0 Å². The molecule has 3 N–H and O–H groups in total. The van der Waals surface area contributed by atoms with Gasteiger partial charge in [-0.15, -0.1) is 0 Å². The van der Waals surface area contributed by atoms with Crippen molar-refractivity contribution in [3.8, 4) is 0 Å². The van der Waals surface area contributed by atoms with Gasteiger partial charge in [-0.2, -0.15) is 5.10 Å². The highest BCUT2D eigenvalue weighted by Gasteiger charge is 2.13. The number of aromatic nitrogens is 2. The summed E-state index contributed by atoms with van der Waals surface area (Å²) in [7, 11) is 0. The summed E-state index contributed by atoms with van der Waals surface area (Å²) in [6, 6.07) is 7.96. The summed E-state index contributed by atoms with van der Waals surface area (Å²) in [5.74, 6) is 0.0532. The smallest absolute Gasteiger partial charge is 0.292 e. The molecule has 0 aliphatic carbocycles. The minimum atomic E-state index is -0.466. The van der Waals surface area contributed by atoms with Crippen molar-refractivity contribution in [1.29, 1.82) is 0 Å². The molecule has 104 valence electrons. The van der Waals surface area contributed by atoms with E-state index in [9.17, 15) is 14.9 Å². The lowest BCUT2D eigenvalue weighted by Gasteiger charge is -2.03. The fourth-order valence-electron chi connectivity index (χ4n) is 1.65. The van der Waals surface area contributed by atoms with Gasteiger partial charge in [0.15, 0.2) is 5.82 Å². The fraction of sp³-hybridized carbons (Fsp3) is 0.167. The standard InChI is InChI=1S/C12H13N5O3/c13-11(18)5-7-16-8-6-12(15-16)14-9-3-1-2-4-10(9)17(19)20/h1-4,6,8H,5,7H2,(H2,13,18)(H,14,15). The quantitative estimate of drug-likeness (QED) is 0.610. The first-order valence-electron chi connectivity index (χ1n) is 5.88. The maximum atomic E-state index is 10.9. The first-order valence-corrected chi connectivity index (χ1v) is 5.88. The van der Waals surface area contributed by atoms with E-state index in [0.29, 0.717) is 18.1 Å². The van der Waals surface area contributed by atoms with Crippen LogP contribution in [0.15, 0.2) is 36.5 Å². The molecular weight excluding hydrogens is 262 g/mol. The SMILES string of the molecule is NC(=O)CCn1ccc(Nc2ccccc2[N+](=O)[O-])n1. The average Bonchev–Trinajstić information content (AvgIpc) is 2.84. The molecule has 1 aromatic heterocycles. The maximum Gasteiger partial charge on any atom is 0.292 e. The number of benzene rings is 1. The van der Waals surface area contributed by atoms with Gasteiger partial charge in [0.25, 0.3) is 5.69 Å². The fourth-order valence-corrected chi connectivity index (χ4v) is 1.65. The number of nitrogens with one attached hydrogen (secondary N) is 1. The van der Waals surface area contributed by atoms with E-state index < -0.39 is 10.8 Å². The van der Waals surface area contributed by atoms with Crippen molar-refractivity contribution >= 4 is 23.1 Å². The number of para-hydroxylation sites is 2. The zero-order valence-corrected chi connectivity index (χ0v) is 10.5. The van der Waals surface area contributed by atoms with Crippen molar-refractivity contribution in [2.45, 2.75) is 13.0 Å². The molecule has 0 saturated carbocycles. The molecule has 0 saturated heterocycles. The van der Waals surface area contributed by atoms with Gasteiger partial charge in [0, 0.05) is 31.3 Å². The van der Waals surface area contributed by atoms with Crippen LogP contribution in [0.1, 0.15) is 6.42 Å². The molecule has 0 atom stereocenters. The Balaban J connectivity index is 2.11. The minimum absolute atomic E-state index is 0.0285. The van der Waals surface area contributed by atoms with Gasteiger partial charge in [-0.05, 0) is 6.07 Å². The molecule has 0 unspecified atom stereocenters. The number of nitro benzene ring substituents is 1. The first-order chi connectivity index (χ1) is 9.56. The molecule has 2 aromatic rings. The number of hydrogen-bond donors (Lipinski definition) is 2. The molecule has 0 radical (unpaired) electrons. The van der Waals surface area contributed by atoms with Crippen LogP contribution in [-0.4, -0.2) is 20.6 Å². The van der Waals surface area contributed by atoms with Gasteiger partial charge in [0.05, 0.1) is 4.92 Å². The van der Waals surface area contributed by atoms with E-state index in [1.807, 2.05) is 0 Å². The highest BCUT2D eigenvalue weighted by atomic mass is 16.6. The molecule has 0 aliphatic heterocycles. The Morgan fingerprint density at radius 1 is 1.40 bits per heavy atom. The van der Waals surface area contributed by atoms with E-state index in [-0.39, 0.29) is 12.1 Å². The zero-order chi connectivity index (χ0) is 14.5. The number of nitrogens with zero attached hydrogens (tertiary/aromatic N) is 3. The van der Waals surface area contributed by atoms with Crippen molar-refractivity contribution in [3.63, 3.8) is 0 Å². The highest BCUT2D eigenvalue weighted by Crippen LogP contribution is 2.25. The van der Waals surface area contributed by atoms with Gasteiger partial charge in [0.2, 0.25) is 5.91 Å². The average molecular weight is 275 g/mol. The first kappa shape index (κ1) is 13.5. The monoisotopic (exact) mass is 275 g/mol. The van der Waals surface area contributed by atoms with Crippen molar-refractivity contribution in [1.82, 2.24) is 9.78 Å². The largest absolute Gasteiger partial charge is 0.370 e. The number of primary amides is 1. The number of carbonyl (C=O) groups excluding carboxylic acids is 1.